The maximum Gasteiger partial charge on any atom is 0.303 e. The molecule has 0 unspecified atom stereocenters. The zero-order chi connectivity index (χ0) is 18.1. The van der Waals surface area contributed by atoms with Gasteiger partial charge in [0.1, 0.15) is 5.76 Å². The summed E-state index contributed by atoms with van der Waals surface area (Å²) in [6, 6.07) is 9.59. The lowest BCUT2D eigenvalue weighted by molar-refractivity contribution is -0.137. The van der Waals surface area contributed by atoms with Crippen molar-refractivity contribution in [1.29, 1.82) is 0 Å². The number of aliphatic carboxylic acids is 1. The Kier molecular flexibility index (Phi) is 7.19. The van der Waals surface area contributed by atoms with E-state index in [1.807, 2.05) is 37.3 Å². The van der Waals surface area contributed by atoms with Crippen LogP contribution < -0.4 is 5.32 Å². The molecule has 6 nitrogen and oxygen atoms in total. The first-order valence-corrected chi connectivity index (χ1v) is 8.56. The van der Waals surface area contributed by atoms with Crippen LogP contribution in [0.25, 0.3) is 11.5 Å². The fourth-order valence-corrected chi connectivity index (χ4v) is 2.49. The number of oxazole rings is 1. The minimum atomic E-state index is -0.758. The van der Waals surface area contributed by atoms with Crippen LogP contribution in [0.5, 0.6) is 0 Å². The van der Waals surface area contributed by atoms with Crippen molar-refractivity contribution in [3.05, 3.63) is 41.8 Å². The number of carboxylic acids is 1. The first-order valence-electron chi connectivity index (χ1n) is 8.56. The fourth-order valence-electron chi connectivity index (χ4n) is 2.49. The largest absolute Gasteiger partial charge is 0.481 e. The molecule has 0 aliphatic carbocycles. The Morgan fingerprint density at radius 1 is 1.12 bits per heavy atom. The van der Waals surface area contributed by atoms with E-state index in [9.17, 15) is 9.59 Å². The lowest BCUT2D eigenvalue weighted by atomic mass is 10.1. The molecule has 1 aromatic heterocycles. The van der Waals surface area contributed by atoms with Gasteiger partial charge in [-0.25, -0.2) is 4.98 Å². The number of carboxylic acid groups (broad SMARTS) is 1. The Hall–Kier alpha value is -2.63. The number of nitrogens with one attached hydrogen (secondary N) is 1. The number of aromatic nitrogens is 1. The molecule has 0 atom stereocenters. The minimum Gasteiger partial charge on any atom is -0.481 e. The molecule has 2 N–H and O–H groups in total. The van der Waals surface area contributed by atoms with Gasteiger partial charge >= 0.3 is 5.97 Å². The Bertz CT molecular complexity index is 695. The number of aryl methyl sites for hydroxylation is 1. The van der Waals surface area contributed by atoms with Crippen LogP contribution in [-0.4, -0.2) is 28.5 Å². The number of hydrogen-bond acceptors (Lipinski definition) is 4. The molecule has 2 aromatic rings. The number of carbonyl (C=O) groups excluding carboxylic acids is 1. The fraction of sp³-hybridized carbons (Fsp3) is 0.421. The molecular weight excluding hydrogens is 320 g/mol. The third-order valence-corrected chi connectivity index (χ3v) is 3.88. The van der Waals surface area contributed by atoms with E-state index < -0.39 is 5.97 Å². The first-order chi connectivity index (χ1) is 12.1. The minimum absolute atomic E-state index is 0.0819. The number of benzene rings is 1. The maximum absolute atomic E-state index is 12.0. The predicted octanol–water partition coefficient (Wildman–Crippen LogP) is 3.34. The Balaban J connectivity index is 1.72. The van der Waals surface area contributed by atoms with E-state index in [0.29, 0.717) is 30.3 Å². The summed E-state index contributed by atoms with van der Waals surface area (Å²) in [4.78, 5) is 26.8. The van der Waals surface area contributed by atoms with Gasteiger partial charge in [-0.1, -0.05) is 31.0 Å². The molecule has 0 radical (unpaired) electrons. The topological polar surface area (TPSA) is 92.4 Å². The second-order valence-electron chi connectivity index (χ2n) is 5.97. The van der Waals surface area contributed by atoms with E-state index in [0.717, 1.165) is 24.8 Å². The monoisotopic (exact) mass is 344 g/mol. The summed E-state index contributed by atoms with van der Waals surface area (Å²) < 4.78 is 5.65. The highest BCUT2D eigenvalue weighted by atomic mass is 16.4. The van der Waals surface area contributed by atoms with Gasteiger partial charge in [-0.15, -0.1) is 0 Å². The van der Waals surface area contributed by atoms with Crippen LogP contribution >= 0.6 is 0 Å². The average molecular weight is 344 g/mol. The van der Waals surface area contributed by atoms with Gasteiger partial charge in [0.25, 0.3) is 0 Å². The molecule has 1 heterocycles. The summed E-state index contributed by atoms with van der Waals surface area (Å²) in [5.41, 5.74) is 1.54. The van der Waals surface area contributed by atoms with Crippen molar-refractivity contribution in [1.82, 2.24) is 10.3 Å². The highest BCUT2D eigenvalue weighted by molar-refractivity contribution is 5.78. The second-order valence-corrected chi connectivity index (χ2v) is 5.97. The van der Waals surface area contributed by atoms with Crippen molar-refractivity contribution in [2.24, 2.45) is 0 Å². The van der Waals surface area contributed by atoms with E-state index in [1.54, 1.807) is 0 Å². The number of amides is 1. The van der Waals surface area contributed by atoms with Gasteiger partial charge in [-0.05, 0) is 31.9 Å². The van der Waals surface area contributed by atoms with Crippen molar-refractivity contribution in [2.45, 2.75) is 45.4 Å². The van der Waals surface area contributed by atoms with Crippen LogP contribution in [0.4, 0.5) is 0 Å². The number of unbranched alkanes of at least 4 members (excludes halogenated alkanes) is 3. The molecule has 0 spiro atoms. The zero-order valence-corrected chi connectivity index (χ0v) is 14.5. The number of rotatable bonds is 10. The normalized spacial score (nSPS) is 10.6. The molecule has 0 fully saturated rings. The van der Waals surface area contributed by atoms with Gasteiger partial charge in [0.15, 0.2) is 0 Å². The maximum atomic E-state index is 12.0. The van der Waals surface area contributed by atoms with Crippen LogP contribution in [0.2, 0.25) is 0 Å². The molecule has 25 heavy (non-hydrogen) atoms. The lowest BCUT2D eigenvalue weighted by Crippen LogP contribution is -2.26. The quantitative estimate of drug-likeness (QED) is 0.645. The molecule has 6 heteroatoms. The van der Waals surface area contributed by atoms with Gasteiger partial charge in [0.2, 0.25) is 11.8 Å². The molecule has 2 rings (SSSR count). The second kappa shape index (κ2) is 9.61. The van der Waals surface area contributed by atoms with E-state index in [-0.39, 0.29) is 18.7 Å². The molecule has 0 saturated carbocycles. The van der Waals surface area contributed by atoms with Gasteiger partial charge in [-0.2, -0.15) is 0 Å². The van der Waals surface area contributed by atoms with E-state index in [1.165, 1.54) is 0 Å². The van der Waals surface area contributed by atoms with Crippen LogP contribution in [0.3, 0.4) is 0 Å². The zero-order valence-electron chi connectivity index (χ0n) is 14.5. The van der Waals surface area contributed by atoms with Gasteiger partial charge in [0.05, 0.1) is 12.1 Å². The summed E-state index contributed by atoms with van der Waals surface area (Å²) in [5, 5.41) is 11.4. The van der Waals surface area contributed by atoms with E-state index in [2.05, 4.69) is 10.3 Å². The third kappa shape index (κ3) is 6.41. The van der Waals surface area contributed by atoms with E-state index in [4.69, 9.17) is 9.52 Å². The molecule has 1 aromatic carbocycles. The molecule has 0 bridgehead atoms. The Labute approximate surface area is 147 Å². The third-order valence-electron chi connectivity index (χ3n) is 3.88. The molecule has 134 valence electrons. The van der Waals surface area contributed by atoms with Crippen molar-refractivity contribution in [2.75, 3.05) is 6.54 Å². The highest BCUT2D eigenvalue weighted by Gasteiger charge is 2.14. The van der Waals surface area contributed by atoms with Crippen molar-refractivity contribution >= 4 is 11.9 Å². The molecule has 0 aliphatic rings. The highest BCUT2D eigenvalue weighted by Crippen LogP contribution is 2.21. The van der Waals surface area contributed by atoms with Crippen LogP contribution in [0.15, 0.2) is 34.7 Å². The molecule has 0 saturated heterocycles. The number of hydrogen-bond donors (Lipinski definition) is 2. The smallest absolute Gasteiger partial charge is 0.303 e. The van der Waals surface area contributed by atoms with Crippen molar-refractivity contribution in [3.63, 3.8) is 0 Å². The Morgan fingerprint density at radius 3 is 2.56 bits per heavy atom. The molecular formula is C19H24N2O4. The summed E-state index contributed by atoms with van der Waals surface area (Å²) in [5.74, 6) is 0.342. The van der Waals surface area contributed by atoms with Crippen molar-refractivity contribution in [3.8, 4) is 11.5 Å². The standard InChI is InChI=1S/C19H24N2O4/c1-14-16(21-19(25-14)15-9-5-4-6-10-15)13-17(22)20-12-8-3-2-7-11-18(23)24/h4-6,9-10H,2-3,7-8,11-13H2,1H3,(H,20,22)(H,23,24). The van der Waals surface area contributed by atoms with E-state index >= 15 is 0 Å². The molecule has 1 amide bonds. The van der Waals surface area contributed by atoms with Gasteiger partial charge in [-0.3, -0.25) is 9.59 Å². The van der Waals surface area contributed by atoms with Gasteiger partial charge < -0.3 is 14.8 Å². The number of carbonyl (C=O) groups is 2. The number of nitrogens with zero attached hydrogens (tertiary/aromatic N) is 1. The van der Waals surface area contributed by atoms with Gasteiger partial charge in [0, 0.05) is 18.5 Å². The predicted molar refractivity (Wildman–Crippen MR) is 94.1 cm³/mol. The lowest BCUT2D eigenvalue weighted by Gasteiger charge is -2.04. The summed E-state index contributed by atoms with van der Waals surface area (Å²) in [6.45, 7) is 2.40. The summed E-state index contributed by atoms with van der Waals surface area (Å²) in [6.07, 6.45) is 3.71. The first kappa shape index (κ1) is 18.7. The van der Waals surface area contributed by atoms with Crippen molar-refractivity contribution < 1.29 is 19.1 Å². The van der Waals surface area contributed by atoms with Crippen LogP contribution in [0.1, 0.15) is 43.6 Å². The molecule has 0 aliphatic heterocycles. The Morgan fingerprint density at radius 2 is 1.84 bits per heavy atom. The van der Waals surface area contributed by atoms with Crippen LogP contribution in [0, 0.1) is 6.92 Å². The summed E-state index contributed by atoms with van der Waals surface area (Å²) >= 11 is 0. The SMILES string of the molecule is Cc1oc(-c2ccccc2)nc1CC(=O)NCCCCCCC(=O)O. The van der Waals surface area contributed by atoms with Crippen LogP contribution in [-0.2, 0) is 16.0 Å². The average Bonchev–Trinajstić information content (AvgIpc) is 2.95. The summed E-state index contributed by atoms with van der Waals surface area (Å²) in [7, 11) is 0.